The largest absolute Gasteiger partial charge is 0.394 e. The summed E-state index contributed by atoms with van der Waals surface area (Å²) in [6.45, 7) is 3.96. The van der Waals surface area contributed by atoms with Crippen LogP contribution in [0.15, 0.2) is 0 Å². The van der Waals surface area contributed by atoms with Gasteiger partial charge in [-0.25, -0.2) is 0 Å². The molecule has 0 aromatic heterocycles. The average Bonchev–Trinajstić information content (AvgIpc) is 2.26. The number of piperidine rings is 1. The van der Waals surface area contributed by atoms with Gasteiger partial charge in [0.15, 0.2) is 0 Å². The molecule has 0 radical (unpaired) electrons. The minimum absolute atomic E-state index is 0.0674. The van der Waals surface area contributed by atoms with Crippen LogP contribution in [0, 0.1) is 0 Å². The van der Waals surface area contributed by atoms with Crippen molar-refractivity contribution in [2.45, 2.75) is 31.9 Å². The SMILES string of the molecule is CC(C(N)=O)N1CCC(OCCO)CC1. The summed E-state index contributed by atoms with van der Waals surface area (Å²) >= 11 is 0. The third-order valence-electron chi connectivity index (χ3n) is 2.88. The lowest BCUT2D eigenvalue weighted by Gasteiger charge is -2.34. The standard InChI is InChI=1S/C10H20N2O3/c1-8(10(11)14)12-4-2-9(3-5-12)15-7-6-13/h8-9,13H,2-7H2,1H3,(H2,11,14). The number of amides is 1. The molecule has 1 fully saturated rings. The molecule has 0 saturated carbocycles. The van der Waals surface area contributed by atoms with Gasteiger partial charge in [0, 0.05) is 13.1 Å². The van der Waals surface area contributed by atoms with E-state index in [4.69, 9.17) is 15.6 Å². The van der Waals surface area contributed by atoms with Crippen LogP contribution in [0.2, 0.25) is 0 Å². The van der Waals surface area contributed by atoms with Crippen LogP contribution in [-0.4, -0.2) is 54.4 Å². The van der Waals surface area contributed by atoms with Gasteiger partial charge in [0.2, 0.25) is 5.91 Å². The van der Waals surface area contributed by atoms with E-state index >= 15 is 0 Å². The van der Waals surface area contributed by atoms with Crippen LogP contribution in [0.5, 0.6) is 0 Å². The first kappa shape index (κ1) is 12.4. The Labute approximate surface area is 90.2 Å². The molecule has 1 unspecified atom stereocenters. The molecule has 1 saturated heterocycles. The molecule has 1 rings (SSSR count). The number of rotatable bonds is 5. The van der Waals surface area contributed by atoms with Gasteiger partial charge in [-0.15, -0.1) is 0 Å². The number of aliphatic hydroxyl groups is 1. The van der Waals surface area contributed by atoms with E-state index in [0.29, 0.717) is 6.61 Å². The van der Waals surface area contributed by atoms with Crippen LogP contribution >= 0.6 is 0 Å². The first-order chi connectivity index (χ1) is 7.15. The molecule has 5 heteroatoms. The van der Waals surface area contributed by atoms with E-state index < -0.39 is 0 Å². The molecule has 1 amide bonds. The van der Waals surface area contributed by atoms with Crippen LogP contribution in [0.25, 0.3) is 0 Å². The number of carbonyl (C=O) groups excluding carboxylic acids is 1. The minimum atomic E-state index is -0.273. The van der Waals surface area contributed by atoms with Crippen LogP contribution < -0.4 is 5.73 Å². The van der Waals surface area contributed by atoms with Crippen LogP contribution in [-0.2, 0) is 9.53 Å². The monoisotopic (exact) mass is 216 g/mol. The zero-order valence-corrected chi connectivity index (χ0v) is 9.19. The van der Waals surface area contributed by atoms with Crippen molar-refractivity contribution in [2.75, 3.05) is 26.3 Å². The van der Waals surface area contributed by atoms with Crippen molar-refractivity contribution < 1.29 is 14.6 Å². The Morgan fingerprint density at radius 2 is 2.20 bits per heavy atom. The fourth-order valence-electron chi connectivity index (χ4n) is 1.83. The van der Waals surface area contributed by atoms with Crippen molar-refractivity contribution in [1.82, 2.24) is 4.90 Å². The zero-order valence-electron chi connectivity index (χ0n) is 9.19. The molecule has 1 aliphatic heterocycles. The molecule has 5 nitrogen and oxygen atoms in total. The van der Waals surface area contributed by atoms with Gasteiger partial charge in [-0.05, 0) is 19.8 Å². The van der Waals surface area contributed by atoms with Gasteiger partial charge in [-0.2, -0.15) is 0 Å². The number of hydrogen-bond acceptors (Lipinski definition) is 4. The van der Waals surface area contributed by atoms with E-state index in [0.717, 1.165) is 25.9 Å². The summed E-state index contributed by atoms with van der Waals surface area (Å²) in [5.74, 6) is -0.273. The van der Waals surface area contributed by atoms with E-state index in [1.807, 2.05) is 6.92 Å². The predicted octanol–water partition coefficient (Wildman–Crippen LogP) is -0.666. The smallest absolute Gasteiger partial charge is 0.234 e. The molecule has 3 N–H and O–H groups in total. The highest BCUT2D eigenvalue weighted by Gasteiger charge is 2.25. The fraction of sp³-hybridized carbons (Fsp3) is 0.900. The first-order valence-electron chi connectivity index (χ1n) is 5.41. The number of ether oxygens (including phenoxy) is 1. The maximum atomic E-state index is 11.0. The molecule has 0 aliphatic carbocycles. The van der Waals surface area contributed by atoms with Crippen molar-refractivity contribution in [1.29, 1.82) is 0 Å². The summed E-state index contributed by atoms with van der Waals surface area (Å²) in [6.07, 6.45) is 2.02. The number of nitrogens with two attached hydrogens (primary N) is 1. The highest BCUT2D eigenvalue weighted by molar-refractivity contribution is 5.79. The summed E-state index contributed by atoms with van der Waals surface area (Å²) in [5.41, 5.74) is 5.24. The van der Waals surface area contributed by atoms with E-state index in [-0.39, 0.29) is 24.7 Å². The second-order valence-electron chi connectivity index (χ2n) is 3.91. The van der Waals surface area contributed by atoms with Gasteiger partial charge >= 0.3 is 0 Å². The van der Waals surface area contributed by atoms with Gasteiger partial charge in [0.05, 0.1) is 25.4 Å². The normalized spacial score (nSPS) is 21.5. The Hall–Kier alpha value is -0.650. The molecular weight excluding hydrogens is 196 g/mol. The maximum Gasteiger partial charge on any atom is 0.234 e. The second-order valence-corrected chi connectivity index (χ2v) is 3.91. The summed E-state index contributed by atoms with van der Waals surface area (Å²) in [6, 6.07) is -0.191. The molecule has 0 bridgehead atoms. The maximum absolute atomic E-state index is 11.0. The molecule has 1 aliphatic rings. The molecule has 15 heavy (non-hydrogen) atoms. The molecule has 1 heterocycles. The minimum Gasteiger partial charge on any atom is -0.394 e. The van der Waals surface area contributed by atoms with Crippen molar-refractivity contribution in [2.24, 2.45) is 5.73 Å². The summed E-state index contributed by atoms with van der Waals surface area (Å²) < 4.78 is 5.43. The van der Waals surface area contributed by atoms with Crippen molar-refractivity contribution in [3.05, 3.63) is 0 Å². The van der Waals surface area contributed by atoms with E-state index in [9.17, 15) is 4.79 Å². The van der Waals surface area contributed by atoms with Gasteiger partial charge < -0.3 is 15.6 Å². The average molecular weight is 216 g/mol. The predicted molar refractivity (Wildman–Crippen MR) is 56.3 cm³/mol. The Morgan fingerprint density at radius 3 is 2.67 bits per heavy atom. The summed E-state index contributed by atoms with van der Waals surface area (Å²) in [7, 11) is 0. The lowest BCUT2D eigenvalue weighted by Crippen LogP contribution is -2.47. The fourth-order valence-corrected chi connectivity index (χ4v) is 1.83. The second kappa shape index (κ2) is 6.05. The van der Waals surface area contributed by atoms with E-state index in [2.05, 4.69) is 4.90 Å². The Bertz CT molecular complexity index is 203. The lowest BCUT2D eigenvalue weighted by molar-refractivity contribution is -0.123. The number of primary amides is 1. The summed E-state index contributed by atoms with van der Waals surface area (Å²) in [4.78, 5) is 13.0. The van der Waals surface area contributed by atoms with Gasteiger partial charge in [0.1, 0.15) is 0 Å². The topological polar surface area (TPSA) is 75.8 Å². The van der Waals surface area contributed by atoms with E-state index in [1.54, 1.807) is 0 Å². The third kappa shape index (κ3) is 3.77. The van der Waals surface area contributed by atoms with Gasteiger partial charge in [-0.1, -0.05) is 0 Å². The molecule has 0 aromatic rings. The molecule has 0 aromatic carbocycles. The lowest BCUT2D eigenvalue weighted by atomic mass is 10.1. The molecule has 1 atom stereocenters. The van der Waals surface area contributed by atoms with Crippen molar-refractivity contribution in [3.8, 4) is 0 Å². The summed E-state index contributed by atoms with van der Waals surface area (Å²) in [5, 5.41) is 8.61. The zero-order chi connectivity index (χ0) is 11.3. The highest BCUT2D eigenvalue weighted by Crippen LogP contribution is 2.15. The number of hydrogen-bond donors (Lipinski definition) is 2. The molecule has 88 valence electrons. The first-order valence-corrected chi connectivity index (χ1v) is 5.41. The van der Waals surface area contributed by atoms with Gasteiger partial charge in [0.25, 0.3) is 0 Å². The molecule has 0 spiro atoms. The number of nitrogens with zero attached hydrogens (tertiary/aromatic N) is 1. The highest BCUT2D eigenvalue weighted by atomic mass is 16.5. The van der Waals surface area contributed by atoms with Crippen molar-refractivity contribution in [3.63, 3.8) is 0 Å². The number of aliphatic hydroxyl groups excluding tert-OH is 1. The van der Waals surface area contributed by atoms with Crippen LogP contribution in [0.3, 0.4) is 0 Å². The van der Waals surface area contributed by atoms with Crippen LogP contribution in [0.1, 0.15) is 19.8 Å². The third-order valence-corrected chi connectivity index (χ3v) is 2.88. The van der Waals surface area contributed by atoms with Crippen molar-refractivity contribution >= 4 is 5.91 Å². The Balaban J connectivity index is 2.26. The number of likely N-dealkylation sites (tertiary alicyclic amines) is 1. The Morgan fingerprint density at radius 1 is 1.60 bits per heavy atom. The Kier molecular flexibility index (Phi) is 5.01. The van der Waals surface area contributed by atoms with E-state index in [1.165, 1.54) is 0 Å². The quantitative estimate of drug-likeness (QED) is 0.639. The number of carbonyl (C=O) groups is 1. The van der Waals surface area contributed by atoms with Crippen LogP contribution in [0.4, 0.5) is 0 Å². The van der Waals surface area contributed by atoms with Gasteiger partial charge in [-0.3, -0.25) is 9.69 Å². The molecular formula is C10H20N2O3.